The van der Waals surface area contributed by atoms with Gasteiger partial charge in [-0.05, 0) is 0 Å². The molecule has 1 aromatic heterocycles. The van der Waals surface area contributed by atoms with Crippen LogP contribution in [0.25, 0.3) is 0 Å². The van der Waals surface area contributed by atoms with Crippen molar-refractivity contribution in [3.63, 3.8) is 0 Å². The molecule has 72 valence electrons. The van der Waals surface area contributed by atoms with E-state index in [4.69, 9.17) is 10.2 Å². The van der Waals surface area contributed by atoms with Gasteiger partial charge in [0.1, 0.15) is 5.92 Å². The first-order valence-electron chi connectivity index (χ1n) is 3.66. The van der Waals surface area contributed by atoms with E-state index in [0.717, 1.165) is 0 Å². The summed E-state index contributed by atoms with van der Waals surface area (Å²) in [6, 6.07) is 0. The molecule has 0 saturated carbocycles. The number of aromatic nitrogens is 1. The average Bonchev–Trinajstić information content (AvgIpc) is 2.53. The lowest BCUT2D eigenvalue weighted by atomic mass is 10.1. The highest BCUT2D eigenvalue weighted by molar-refractivity contribution is 7.13. The lowest BCUT2D eigenvalue weighted by molar-refractivity contribution is -0.139. The van der Waals surface area contributed by atoms with Crippen molar-refractivity contribution in [2.24, 2.45) is 0 Å². The number of aliphatic hydroxyl groups is 1. The van der Waals surface area contributed by atoms with Gasteiger partial charge in [0.2, 0.25) is 0 Å². The quantitative estimate of drug-likeness (QED) is 0.656. The second kappa shape index (κ2) is 4.20. The minimum Gasteiger partial charge on any atom is -0.481 e. The van der Waals surface area contributed by atoms with Gasteiger partial charge >= 0.3 is 5.97 Å². The van der Waals surface area contributed by atoms with E-state index < -0.39 is 18.5 Å². The molecular weight excluding hydrogens is 192 g/mol. The zero-order valence-corrected chi connectivity index (χ0v) is 7.84. The van der Waals surface area contributed by atoms with Gasteiger partial charge in [-0.2, -0.15) is 0 Å². The summed E-state index contributed by atoms with van der Waals surface area (Å²) in [5, 5.41) is 22.6. The molecule has 0 fully saturated rings. The molecule has 0 aromatic carbocycles. The molecule has 13 heavy (non-hydrogen) atoms. The van der Waals surface area contributed by atoms with E-state index in [0.29, 0.717) is 10.8 Å². The Bertz CT molecular complexity index is 300. The predicted molar refractivity (Wildman–Crippen MR) is 49.1 cm³/mol. The molecule has 0 amide bonds. The van der Waals surface area contributed by atoms with Crippen molar-refractivity contribution in [1.82, 2.24) is 4.98 Å². The smallest absolute Gasteiger partial charge is 0.314 e. The highest BCUT2D eigenvalue weighted by Gasteiger charge is 2.21. The number of rotatable bonds is 4. The van der Waals surface area contributed by atoms with Crippen LogP contribution < -0.4 is 5.32 Å². The van der Waals surface area contributed by atoms with Crippen LogP contribution in [0.5, 0.6) is 0 Å². The number of hydrogen-bond acceptors (Lipinski definition) is 5. The van der Waals surface area contributed by atoms with Gasteiger partial charge in [0.15, 0.2) is 5.13 Å². The molecule has 1 atom stereocenters. The Morgan fingerprint density at radius 2 is 2.54 bits per heavy atom. The Labute approximate surface area is 79.1 Å². The molecule has 1 heterocycles. The monoisotopic (exact) mass is 202 g/mol. The van der Waals surface area contributed by atoms with Gasteiger partial charge in [-0.15, -0.1) is 11.3 Å². The molecule has 6 heteroatoms. The van der Waals surface area contributed by atoms with E-state index in [9.17, 15) is 4.79 Å². The van der Waals surface area contributed by atoms with Crippen LogP contribution in [0.3, 0.4) is 0 Å². The summed E-state index contributed by atoms with van der Waals surface area (Å²) in [6.07, 6.45) is 0. The molecule has 0 bridgehead atoms. The van der Waals surface area contributed by atoms with E-state index in [1.165, 1.54) is 11.3 Å². The Morgan fingerprint density at radius 1 is 1.85 bits per heavy atom. The average molecular weight is 202 g/mol. The number of carbonyl (C=O) groups is 1. The maximum absolute atomic E-state index is 10.6. The van der Waals surface area contributed by atoms with Gasteiger partial charge in [-0.1, -0.05) is 0 Å². The fourth-order valence-corrected chi connectivity index (χ4v) is 1.58. The Kier molecular flexibility index (Phi) is 3.21. The van der Waals surface area contributed by atoms with Crippen molar-refractivity contribution in [1.29, 1.82) is 0 Å². The summed E-state index contributed by atoms with van der Waals surface area (Å²) in [7, 11) is 1.71. The van der Waals surface area contributed by atoms with Crippen molar-refractivity contribution >= 4 is 22.4 Å². The number of hydrogen-bond donors (Lipinski definition) is 3. The van der Waals surface area contributed by atoms with Crippen LogP contribution in [0.2, 0.25) is 0 Å². The second-order valence-corrected chi connectivity index (χ2v) is 3.26. The maximum Gasteiger partial charge on any atom is 0.314 e. The Balaban J connectivity index is 2.85. The third-order valence-corrected chi connectivity index (χ3v) is 2.45. The second-order valence-electron chi connectivity index (χ2n) is 2.40. The molecular formula is C7H10N2O3S. The van der Waals surface area contributed by atoms with E-state index in [2.05, 4.69) is 10.3 Å². The van der Waals surface area contributed by atoms with Gasteiger partial charge in [-0.3, -0.25) is 4.79 Å². The van der Waals surface area contributed by atoms with Gasteiger partial charge in [0, 0.05) is 12.4 Å². The van der Waals surface area contributed by atoms with Crippen molar-refractivity contribution in [3.05, 3.63) is 11.1 Å². The van der Waals surface area contributed by atoms with Crippen molar-refractivity contribution < 1.29 is 15.0 Å². The van der Waals surface area contributed by atoms with Crippen LogP contribution in [-0.2, 0) is 4.79 Å². The lowest BCUT2D eigenvalue weighted by Crippen LogP contribution is -2.15. The zero-order chi connectivity index (χ0) is 9.84. The number of nitrogens with one attached hydrogen (secondary N) is 1. The zero-order valence-electron chi connectivity index (χ0n) is 7.02. The SMILES string of the molecule is CNc1nc(C(CO)C(=O)O)cs1. The highest BCUT2D eigenvalue weighted by atomic mass is 32.1. The summed E-state index contributed by atoms with van der Waals surface area (Å²) >= 11 is 1.31. The summed E-state index contributed by atoms with van der Waals surface area (Å²) in [5.41, 5.74) is 0.393. The topological polar surface area (TPSA) is 82.5 Å². The molecule has 0 aliphatic carbocycles. The normalized spacial score (nSPS) is 12.5. The molecule has 0 radical (unpaired) electrons. The summed E-state index contributed by atoms with van der Waals surface area (Å²) in [4.78, 5) is 14.6. The molecule has 1 aromatic rings. The third kappa shape index (κ3) is 2.16. The van der Waals surface area contributed by atoms with Gasteiger partial charge in [0.25, 0.3) is 0 Å². The standard InChI is InChI=1S/C7H10N2O3S/c1-8-7-9-5(3-13-7)4(2-10)6(11)12/h3-4,10H,2H2,1H3,(H,8,9)(H,11,12). The maximum atomic E-state index is 10.6. The number of aliphatic carboxylic acids is 1. The van der Waals surface area contributed by atoms with E-state index in [-0.39, 0.29) is 0 Å². The van der Waals surface area contributed by atoms with E-state index >= 15 is 0 Å². The summed E-state index contributed by atoms with van der Waals surface area (Å²) in [6.45, 7) is -0.428. The van der Waals surface area contributed by atoms with Crippen molar-refractivity contribution in [2.75, 3.05) is 19.0 Å². The highest BCUT2D eigenvalue weighted by Crippen LogP contribution is 2.21. The van der Waals surface area contributed by atoms with Crippen molar-refractivity contribution in [3.8, 4) is 0 Å². The van der Waals surface area contributed by atoms with Crippen LogP contribution in [0, 0.1) is 0 Å². The first-order chi connectivity index (χ1) is 6.19. The number of thiazole rings is 1. The lowest BCUT2D eigenvalue weighted by Gasteiger charge is -2.03. The molecule has 0 aliphatic heterocycles. The van der Waals surface area contributed by atoms with Gasteiger partial charge in [0.05, 0.1) is 12.3 Å². The van der Waals surface area contributed by atoms with Crippen LogP contribution in [-0.4, -0.2) is 34.8 Å². The summed E-state index contributed by atoms with van der Waals surface area (Å²) < 4.78 is 0. The number of carboxylic acids is 1. The van der Waals surface area contributed by atoms with Crippen molar-refractivity contribution in [2.45, 2.75) is 5.92 Å². The third-order valence-electron chi connectivity index (χ3n) is 1.57. The number of anilines is 1. The summed E-state index contributed by atoms with van der Waals surface area (Å²) in [5.74, 6) is -1.98. The Morgan fingerprint density at radius 3 is 2.92 bits per heavy atom. The number of carboxylic acid groups (broad SMARTS) is 1. The van der Waals surface area contributed by atoms with Gasteiger partial charge < -0.3 is 15.5 Å². The molecule has 0 saturated heterocycles. The fraction of sp³-hybridized carbons (Fsp3) is 0.429. The van der Waals surface area contributed by atoms with E-state index in [1.807, 2.05) is 0 Å². The molecule has 3 N–H and O–H groups in total. The Hall–Kier alpha value is -1.14. The van der Waals surface area contributed by atoms with Crippen LogP contribution >= 0.6 is 11.3 Å². The predicted octanol–water partition coefficient (Wildman–Crippen LogP) is 0.345. The largest absolute Gasteiger partial charge is 0.481 e. The number of nitrogens with zero attached hydrogens (tertiary/aromatic N) is 1. The molecule has 1 rings (SSSR count). The van der Waals surface area contributed by atoms with Crippen LogP contribution in [0.15, 0.2) is 5.38 Å². The van der Waals surface area contributed by atoms with Crippen LogP contribution in [0.4, 0.5) is 5.13 Å². The molecule has 0 aliphatic rings. The molecule has 0 spiro atoms. The minimum atomic E-state index is -1.06. The van der Waals surface area contributed by atoms with Crippen LogP contribution in [0.1, 0.15) is 11.6 Å². The van der Waals surface area contributed by atoms with E-state index in [1.54, 1.807) is 12.4 Å². The molecule has 5 nitrogen and oxygen atoms in total. The number of aliphatic hydroxyl groups excluding tert-OH is 1. The first kappa shape index (κ1) is 9.94. The minimum absolute atomic E-state index is 0.393. The molecule has 1 unspecified atom stereocenters. The first-order valence-corrected chi connectivity index (χ1v) is 4.53. The fourth-order valence-electron chi connectivity index (χ4n) is 0.859. The van der Waals surface area contributed by atoms with Gasteiger partial charge in [-0.25, -0.2) is 4.98 Å².